The number of piperazine rings is 1. The summed E-state index contributed by atoms with van der Waals surface area (Å²) in [4.78, 5) is 25.8. The Labute approximate surface area is 119 Å². The molecule has 1 aliphatic rings. The van der Waals surface area contributed by atoms with Crippen molar-refractivity contribution in [2.45, 2.75) is 25.9 Å². The van der Waals surface area contributed by atoms with Crippen molar-refractivity contribution in [2.24, 2.45) is 11.7 Å². The molecule has 2 amide bonds. The van der Waals surface area contributed by atoms with E-state index in [1.54, 1.807) is 11.8 Å². The van der Waals surface area contributed by atoms with Crippen molar-refractivity contribution in [3.63, 3.8) is 0 Å². The van der Waals surface area contributed by atoms with E-state index in [0.717, 1.165) is 5.56 Å². The lowest BCUT2D eigenvalue weighted by atomic mass is 9.93. The van der Waals surface area contributed by atoms with Crippen LogP contribution in [0.25, 0.3) is 0 Å². The highest BCUT2D eigenvalue weighted by Gasteiger charge is 2.34. The average molecular weight is 275 g/mol. The fourth-order valence-corrected chi connectivity index (χ4v) is 2.46. The topological polar surface area (TPSA) is 75.4 Å². The summed E-state index contributed by atoms with van der Waals surface area (Å²) < 4.78 is 0. The summed E-state index contributed by atoms with van der Waals surface area (Å²) in [5.41, 5.74) is 7.11. The summed E-state index contributed by atoms with van der Waals surface area (Å²) in [5, 5.41) is 2.75. The predicted molar refractivity (Wildman–Crippen MR) is 76.7 cm³/mol. The predicted octanol–water partition coefficient (Wildman–Crippen LogP) is 0.669. The maximum Gasteiger partial charge on any atom is 0.242 e. The quantitative estimate of drug-likeness (QED) is 0.851. The summed E-state index contributed by atoms with van der Waals surface area (Å²) in [6, 6.07) is 8.77. The molecule has 1 aliphatic heterocycles. The molecule has 0 saturated carbocycles. The first-order valence-corrected chi connectivity index (χ1v) is 6.91. The van der Waals surface area contributed by atoms with Gasteiger partial charge >= 0.3 is 0 Å². The molecule has 0 bridgehead atoms. The van der Waals surface area contributed by atoms with Gasteiger partial charge < -0.3 is 16.0 Å². The van der Waals surface area contributed by atoms with Gasteiger partial charge in [-0.1, -0.05) is 37.3 Å². The van der Waals surface area contributed by atoms with Crippen molar-refractivity contribution < 1.29 is 9.59 Å². The number of carbonyl (C=O) groups excluding carboxylic acids is 2. The number of hydrogen-bond acceptors (Lipinski definition) is 3. The van der Waals surface area contributed by atoms with Crippen LogP contribution < -0.4 is 11.1 Å². The fraction of sp³-hybridized carbons (Fsp3) is 0.467. The molecule has 1 heterocycles. The van der Waals surface area contributed by atoms with Crippen LogP contribution in [0.4, 0.5) is 0 Å². The monoisotopic (exact) mass is 275 g/mol. The third-order valence-electron chi connectivity index (χ3n) is 3.89. The van der Waals surface area contributed by atoms with Crippen molar-refractivity contribution in [1.82, 2.24) is 10.2 Å². The van der Waals surface area contributed by atoms with Gasteiger partial charge in [0.25, 0.3) is 0 Å². The van der Waals surface area contributed by atoms with Gasteiger partial charge in [0.2, 0.25) is 11.8 Å². The highest BCUT2D eigenvalue weighted by atomic mass is 16.2. The number of nitrogens with zero attached hydrogens (tertiary/aromatic N) is 1. The summed E-state index contributed by atoms with van der Waals surface area (Å²) >= 11 is 0. The Morgan fingerprint density at radius 1 is 1.40 bits per heavy atom. The Kier molecular flexibility index (Phi) is 4.39. The number of rotatable bonds is 3. The first-order valence-electron chi connectivity index (χ1n) is 6.91. The van der Waals surface area contributed by atoms with Crippen molar-refractivity contribution in [3.8, 4) is 0 Å². The summed E-state index contributed by atoms with van der Waals surface area (Å²) in [6.07, 6.45) is 0. The molecule has 108 valence electrons. The number of amides is 2. The molecule has 1 aromatic rings. The Morgan fingerprint density at radius 2 is 2.05 bits per heavy atom. The van der Waals surface area contributed by atoms with Gasteiger partial charge in [0.05, 0.1) is 5.92 Å². The van der Waals surface area contributed by atoms with Crippen LogP contribution in [0.5, 0.6) is 0 Å². The Balaban J connectivity index is 2.10. The zero-order valence-electron chi connectivity index (χ0n) is 11.9. The molecule has 20 heavy (non-hydrogen) atoms. The van der Waals surface area contributed by atoms with Gasteiger partial charge in [0, 0.05) is 19.1 Å². The van der Waals surface area contributed by atoms with Crippen molar-refractivity contribution >= 4 is 11.8 Å². The number of nitrogens with two attached hydrogens (primary N) is 1. The summed E-state index contributed by atoms with van der Waals surface area (Å²) in [5.74, 6) is -0.528. The molecule has 5 nitrogen and oxygen atoms in total. The second-order valence-corrected chi connectivity index (χ2v) is 5.22. The minimum Gasteiger partial charge on any atom is -0.353 e. The molecule has 0 aromatic heterocycles. The van der Waals surface area contributed by atoms with Gasteiger partial charge in [0.15, 0.2) is 0 Å². The van der Waals surface area contributed by atoms with Crippen LogP contribution >= 0.6 is 0 Å². The Bertz CT molecular complexity index is 489. The minimum atomic E-state index is -0.429. The maximum absolute atomic E-state index is 12.5. The lowest BCUT2D eigenvalue weighted by Gasteiger charge is -2.35. The van der Waals surface area contributed by atoms with Gasteiger partial charge in [-0.15, -0.1) is 0 Å². The van der Waals surface area contributed by atoms with Crippen LogP contribution in [-0.2, 0) is 9.59 Å². The molecule has 2 rings (SSSR count). The van der Waals surface area contributed by atoms with Gasteiger partial charge in [0.1, 0.15) is 6.04 Å². The zero-order chi connectivity index (χ0) is 14.7. The van der Waals surface area contributed by atoms with E-state index in [2.05, 4.69) is 5.32 Å². The molecule has 3 unspecified atom stereocenters. The molecule has 1 fully saturated rings. The van der Waals surface area contributed by atoms with Crippen molar-refractivity contribution in [1.29, 1.82) is 0 Å². The molecule has 3 atom stereocenters. The zero-order valence-corrected chi connectivity index (χ0v) is 11.9. The van der Waals surface area contributed by atoms with E-state index >= 15 is 0 Å². The van der Waals surface area contributed by atoms with Crippen LogP contribution in [0.1, 0.15) is 25.5 Å². The Morgan fingerprint density at radius 3 is 2.70 bits per heavy atom. The van der Waals surface area contributed by atoms with Crippen molar-refractivity contribution in [2.75, 3.05) is 13.1 Å². The normalized spacial score (nSPS) is 22.1. The van der Waals surface area contributed by atoms with Crippen LogP contribution in [0.3, 0.4) is 0 Å². The van der Waals surface area contributed by atoms with Crippen LogP contribution in [0, 0.1) is 5.92 Å². The molecule has 0 radical (unpaired) electrons. The highest BCUT2D eigenvalue weighted by Crippen LogP contribution is 2.22. The molecule has 0 spiro atoms. The molecule has 0 aliphatic carbocycles. The third kappa shape index (κ3) is 2.82. The molecular weight excluding hydrogens is 254 g/mol. The SMILES string of the molecule is CC(C(=O)N1CCNC(=O)C1C)C(N)c1ccccc1. The van der Waals surface area contributed by atoms with Gasteiger partial charge in [-0.05, 0) is 12.5 Å². The van der Waals surface area contributed by atoms with E-state index in [4.69, 9.17) is 5.73 Å². The maximum atomic E-state index is 12.5. The van der Waals surface area contributed by atoms with Gasteiger partial charge in [-0.2, -0.15) is 0 Å². The molecule has 1 aromatic carbocycles. The van der Waals surface area contributed by atoms with E-state index in [0.29, 0.717) is 13.1 Å². The molecule has 1 saturated heterocycles. The highest BCUT2D eigenvalue weighted by molar-refractivity contribution is 5.89. The summed E-state index contributed by atoms with van der Waals surface area (Å²) in [6.45, 7) is 4.60. The van der Waals surface area contributed by atoms with Crippen LogP contribution in [0.2, 0.25) is 0 Å². The lowest BCUT2D eigenvalue weighted by Crippen LogP contribution is -2.57. The second-order valence-electron chi connectivity index (χ2n) is 5.22. The minimum absolute atomic E-state index is 0.0660. The first-order chi connectivity index (χ1) is 9.52. The third-order valence-corrected chi connectivity index (χ3v) is 3.89. The van der Waals surface area contributed by atoms with Crippen LogP contribution in [0.15, 0.2) is 30.3 Å². The number of hydrogen-bond donors (Lipinski definition) is 2. The van der Waals surface area contributed by atoms with Gasteiger partial charge in [-0.3, -0.25) is 9.59 Å². The molecule has 3 N–H and O–H groups in total. The van der Waals surface area contributed by atoms with E-state index in [1.165, 1.54) is 0 Å². The molecule has 5 heteroatoms. The average Bonchev–Trinajstić information content (AvgIpc) is 2.48. The van der Waals surface area contributed by atoms with E-state index in [9.17, 15) is 9.59 Å². The largest absolute Gasteiger partial charge is 0.353 e. The summed E-state index contributed by atoms with van der Waals surface area (Å²) in [7, 11) is 0. The van der Waals surface area contributed by atoms with Gasteiger partial charge in [-0.25, -0.2) is 0 Å². The Hall–Kier alpha value is -1.88. The number of carbonyl (C=O) groups is 2. The number of nitrogens with one attached hydrogen (secondary N) is 1. The van der Waals surface area contributed by atoms with E-state index < -0.39 is 6.04 Å². The standard InChI is InChI=1S/C15H21N3O2/c1-10(13(16)12-6-4-3-5-7-12)15(20)18-9-8-17-14(19)11(18)2/h3-7,10-11,13H,8-9,16H2,1-2H3,(H,17,19). The van der Waals surface area contributed by atoms with Crippen molar-refractivity contribution in [3.05, 3.63) is 35.9 Å². The fourth-order valence-electron chi connectivity index (χ4n) is 2.46. The lowest BCUT2D eigenvalue weighted by molar-refractivity contribution is -0.145. The first kappa shape index (κ1) is 14.5. The smallest absolute Gasteiger partial charge is 0.242 e. The van der Waals surface area contributed by atoms with E-state index in [-0.39, 0.29) is 23.8 Å². The molecular formula is C15H21N3O2. The van der Waals surface area contributed by atoms with Crippen LogP contribution in [-0.4, -0.2) is 35.8 Å². The second kappa shape index (κ2) is 6.05. The number of benzene rings is 1. The van der Waals surface area contributed by atoms with E-state index in [1.807, 2.05) is 37.3 Å².